The Kier molecular flexibility index (Phi) is 8.17. The molecule has 0 unspecified atom stereocenters. The van der Waals surface area contributed by atoms with E-state index in [-0.39, 0.29) is 23.6 Å². The molecule has 3 nitrogen and oxygen atoms in total. The molecule has 0 heterocycles. The van der Waals surface area contributed by atoms with Crippen molar-refractivity contribution in [1.82, 2.24) is 0 Å². The molecule has 0 aliphatic rings. The van der Waals surface area contributed by atoms with Crippen molar-refractivity contribution in [3.8, 4) is 5.75 Å². The number of hydrogen-bond donors (Lipinski definition) is 0. The van der Waals surface area contributed by atoms with E-state index in [1.165, 1.54) is 0 Å². The Bertz CT molecular complexity index is 905. The van der Waals surface area contributed by atoms with Gasteiger partial charge in [0.05, 0.1) is 6.10 Å². The Morgan fingerprint density at radius 1 is 0.677 bits per heavy atom. The van der Waals surface area contributed by atoms with Crippen molar-refractivity contribution in [2.45, 2.75) is 51.6 Å². The van der Waals surface area contributed by atoms with Crippen LogP contribution in [0.3, 0.4) is 0 Å². The normalized spacial score (nSPS) is 11.0. The first-order chi connectivity index (χ1) is 15.0. The van der Waals surface area contributed by atoms with Crippen LogP contribution in [0.4, 0.5) is 0 Å². The predicted octanol–water partition coefficient (Wildman–Crippen LogP) is 5.96. The van der Waals surface area contributed by atoms with Gasteiger partial charge in [-0.25, -0.2) is 0 Å². The number of rotatable bonds is 11. The summed E-state index contributed by atoms with van der Waals surface area (Å²) in [4.78, 5) is 25.6. The number of carbonyl (C=O) groups is 2. The molecule has 0 N–H and O–H groups in total. The van der Waals surface area contributed by atoms with Crippen LogP contribution in [-0.4, -0.2) is 17.7 Å². The maximum atomic E-state index is 12.8. The molecule has 0 fully saturated rings. The van der Waals surface area contributed by atoms with E-state index >= 15 is 0 Å². The van der Waals surface area contributed by atoms with Crippen LogP contribution in [-0.2, 0) is 22.4 Å². The summed E-state index contributed by atoms with van der Waals surface area (Å²) in [5.74, 6) is 0.946. The standard InChI is InChI=1S/C28H30O3/c1-21(2)31-28-15-13-24(14-16-28)25(19-26(29)17-22-9-5-3-6-10-22)20-27(30)18-23-11-7-4-8-12-23/h3-16,21,25H,17-20H2,1-2H3. The number of hydrogen-bond acceptors (Lipinski definition) is 3. The summed E-state index contributed by atoms with van der Waals surface area (Å²) < 4.78 is 5.74. The number of carbonyl (C=O) groups excluding carboxylic acids is 2. The van der Waals surface area contributed by atoms with Gasteiger partial charge in [-0.3, -0.25) is 9.59 Å². The third-order valence-electron chi connectivity index (χ3n) is 5.16. The van der Waals surface area contributed by atoms with Crippen molar-refractivity contribution >= 4 is 11.6 Å². The van der Waals surface area contributed by atoms with Crippen molar-refractivity contribution < 1.29 is 14.3 Å². The van der Waals surface area contributed by atoms with Gasteiger partial charge in [0.2, 0.25) is 0 Å². The molecule has 0 saturated carbocycles. The fourth-order valence-electron chi connectivity index (χ4n) is 3.74. The lowest BCUT2D eigenvalue weighted by Crippen LogP contribution is -2.15. The van der Waals surface area contributed by atoms with Gasteiger partial charge in [-0.2, -0.15) is 0 Å². The predicted molar refractivity (Wildman–Crippen MR) is 124 cm³/mol. The highest BCUT2D eigenvalue weighted by Gasteiger charge is 2.20. The molecule has 3 heteroatoms. The Morgan fingerprint density at radius 2 is 1.13 bits per heavy atom. The van der Waals surface area contributed by atoms with E-state index in [2.05, 4.69) is 0 Å². The largest absolute Gasteiger partial charge is 0.491 e. The molecule has 3 rings (SSSR count). The van der Waals surface area contributed by atoms with E-state index in [0.717, 1.165) is 22.4 Å². The van der Waals surface area contributed by atoms with Crippen LogP contribution in [0.25, 0.3) is 0 Å². The summed E-state index contributed by atoms with van der Waals surface area (Å²) in [5, 5.41) is 0. The zero-order valence-electron chi connectivity index (χ0n) is 18.3. The van der Waals surface area contributed by atoms with Crippen molar-refractivity contribution in [1.29, 1.82) is 0 Å². The molecule has 3 aromatic carbocycles. The molecule has 31 heavy (non-hydrogen) atoms. The average Bonchev–Trinajstić information content (AvgIpc) is 2.75. The summed E-state index contributed by atoms with van der Waals surface area (Å²) in [5.41, 5.74) is 3.00. The van der Waals surface area contributed by atoms with Crippen molar-refractivity contribution in [2.75, 3.05) is 0 Å². The van der Waals surface area contributed by atoms with Gasteiger partial charge >= 0.3 is 0 Å². The Labute approximate surface area is 185 Å². The Morgan fingerprint density at radius 3 is 1.55 bits per heavy atom. The second-order valence-corrected chi connectivity index (χ2v) is 8.24. The van der Waals surface area contributed by atoms with E-state index in [4.69, 9.17) is 4.74 Å². The van der Waals surface area contributed by atoms with Gasteiger partial charge in [-0.1, -0.05) is 72.8 Å². The highest BCUT2D eigenvalue weighted by atomic mass is 16.5. The second-order valence-electron chi connectivity index (χ2n) is 8.24. The third kappa shape index (κ3) is 7.53. The monoisotopic (exact) mass is 414 g/mol. The smallest absolute Gasteiger partial charge is 0.137 e. The fourth-order valence-corrected chi connectivity index (χ4v) is 3.74. The lowest BCUT2D eigenvalue weighted by atomic mass is 9.86. The van der Waals surface area contributed by atoms with Crippen LogP contribution in [0, 0.1) is 0 Å². The summed E-state index contributed by atoms with van der Waals surface area (Å²) in [6.45, 7) is 3.97. The molecule has 0 atom stereocenters. The van der Waals surface area contributed by atoms with Crippen LogP contribution < -0.4 is 4.74 Å². The van der Waals surface area contributed by atoms with Gasteiger partial charge in [0.25, 0.3) is 0 Å². The zero-order valence-corrected chi connectivity index (χ0v) is 18.3. The first-order valence-corrected chi connectivity index (χ1v) is 10.9. The van der Waals surface area contributed by atoms with E-state index < -0.39 is 0 Å². The Hall–Kier alpha value is -3.20. The fraction of sp³-hybridized carbons (Fsp3) is 0.286. The minimum atomic E-state index is -0.138. The molecule has 0 aromatic heterocycles. The molecular weight excluding hydrogens is 384 g/mol. The van der Waals surface area contributed by atoms with Gasteiger partial charge in [0, 0.05) is 25.7 Å². The minimum Gasteiger partial charge on any atom is -0.491 e. The maximum Gasteiger partial charge on any atom is 0.137 e. The van der Waals surface area contributed by atoms with Crippen LogP contribution in [0.15, 0.2) is 84.9 Å². The van der Waals surface area contributed by atoms with Crippen molar-refractivity contribution in [2.24, 2.45) is 0 Å². The minimum absolute atomic E-state index is 0.0987. The first kappa shape index (κ1) is 22.5. The first-order valence-electron chi connectivity index (χ1n) is 10.9. The van der Waals surface area contributed by atoms with E-state index in [1.807, 2.05) is 98.8 Å². The van der Waals surface area contributed by atoms with Gasteiger partial charge in [-0.15, -0.1) is 0 Å². The summed E-state index contributed by atoms with van der Waals surface area (Å²) in [6, 6.07) is 27.3. The maximum absolute atomic E-state index is 12.8. The van der Waals surface area contributed by atoms with Gasteiger partial charge < -0.3 is 4.74 Å². The average molecular weight is 415 g/mol. The molecule has 0 saturated heterocycles. The van der Waals surface area contributed by atoms with Crippen LogP contribution in [0.1, 0.15) is 49.3 Å². The molecule has 0 aliphatic carbocycles. The zero-order chi connectivity index (χ0) is 22.1. The molecule has 0 amide bonds. The second kappa shape index (κ2) is 11.3. The Balaban J connectivity index is 1.72. The van der Waals surface area contributed by atoms with Crippen molar-refractivity contribution in [3.63, 3.8) is 0 Å². The molecule has 0 radical (unpaired) electrons. The van der Waals surface area contributed by atoms with Crippen LogP contribution in [0.2, 0.25) is 0 Å². The topological polar surface area (TPSA) is 43.4 Å². The lowest BCUT2D eigenvalue weighted by molar-refractivity contribution is -0.120. The molecule has 160 valence electrons. The molecular formula is C28H30O3. The van der Waals surface area contributed by atoms with Crippen LogP contribution in [0.5, 0.6) is 5.75 Å². The third-order valence-corrected chi connectivity index (χ3v) is 5.16. The number of ketones is 2. The highest BCUT2D eigenvalue weighted by Crippen LogP contribution is 2.28. The van der Waals surface area contributed by atoms with E-state index in [1.54, 1.807) is 0 Å². The van der Waals surface area contributed by atoms with Crippen LogP contribution >= 0.6 is 0 Å². The van der Waals surface area contributed by atoms with E-state index in [0.29, 0.717) is 25.7 Å². The molecule has 0 aliphatic heterocycles. The number of benzene rings is 3. The number of Topliss-reactive ketones (excluding diaryl/α,β-unsaturated/α-hetero) is 2. The summed E-state index contributed by atoms with van der Waals surface area (Å²) in [7, 11) is 0. The van der Waals surface area contributed by atoms with Crippen molar-refractivity contribution in [3.05, 3.63) is 102 Å². The molecule has 0 bridgehead atoms. The van der Waals surface area contributed by atoms with E-state index in [9.17, 15) is 9.59 Å². The number of ether oxygens (including phenoxy) is 1. The summed E-state index contributed by atoms with van der Waals surface area (Å²) in [6.07, 6.45) is 1.57. The van der Waals surface area contributed by atoms with Gasteiger partial charge in [0.1, 0.15) is 17.3 Å². The quantitative estimate of drug-likeness (QED) is 0.389. The van der Waals surface area contributed by atoms with Gasteiger partial charge in [0.15, 0.2) is 0 Å². The summed E-state index contributed by atoms with van der Waals surface area (Å²) >= 11 is 0. The molecule has 0 spiro atoms. The lowest BCUT2D eigenvalue weighted by Gasteiger charge is -2.18. The molecule has 3 aromatic rings. The SMILES string of the molecule is CC(C)Oc1ccc(C(CC(=O)Cc2ccccc2)CC(=O)Cc2ccccc2)cc1. The van der Waals surface area contributed by atoms with Gasteiger partial charge in [-0.05, 0) is 48.6 Å². The highest BCUT2D eigenvalue weighted by molar-refractivity contribution is 5.85.